The minimum absolute atomic E-state index is 0.00618. The number of aliphatic hydroxyl groups is 1. The number of Topliss-reactive ketones (excluding diaryl/α,β-unsaturated/α-hetero) is 1. The first-order valence-corrected chi connectivity index (χ1v) is 12.3. The number of likely N-dealkylation sites (tertiary alicyclic amines) is 1. The van der Waals surface area contributed by atoms with Crippen molar-refractivity contribution in [2.75, 3.05) is 26.9 Å². The molecule has 0 aromatic heterocycles. The number of hydrogen-bond acceptors (Lipinski definition) is 7. The van der Waals surface area contributed by atoms with Crippen LogP contribution in [0.4, 0.5) is 0 Å². The van der Waals surface area contributed by atoms with Gasteiger partial charge in [0.15, 0.2) is 0 Å². The predicted molar refractivity (Wildman–Crippen MR) is 140 cm³/mol. The highest BCUT2D eigenvalue weighted by molar-refractivity contribution is 6.46. The average molecular weight is 510 g/mol. The van der Waals surface area contributed by atoms with Crippen molar-refractivity contribution >= 4 is 23.4 Å². The van der Waals surface area contributed by atoms with Gasteiger partial charge in [0, 0.05) is 38.3 Å². The molecule has 0 aliphatic carbocycles. The van der Waals surface area contributed by atoms with E-state index < -0.39 is 23.7 Å². The fraction of sp³-hybridized carbons (Fsp3) is 0.414. The van der Waals surface area contributed by atoms with Gasteiger partial charge < -0.3 is 24.2 Å². The van der Waals surface area contributed by atoms with Crippen molar-refractivity contribution in [1.29, 1.82) is 0 Å². The largest absolute Gasteiger partial charge is 0.507 e. The van der Waals surface area contributed by atoms with Crippen LogP contribution < -0.4 is 9.47 Å². The van der Waals surface area contributed by atoms with E-state index in [1.165, 1.54) is 11.8 Å². The van der Waals surface area contributed by atoms with Gasteiger partial charge in [-0.3, -0.25) is 14.4 Å². The van der Waals surface area contributed by atoms with Gasteiger partial charge in [0.2, 0.25) is 0 Å². The van der Waals surface area contributed by atoms with Crippen molar-refractivity contribution in [1.82, 2.24) is 4.90 Å². The average Bonchev–Trinajstić information content (AvgIpc) is 3.08. The van der Waals surface area contributed by atoms with Crippen LogP contribution in [0.5, 0.6) is 11.5 Å². The van der Waals surface area contributed by atoms with E-state index in [9.17, 15) is 19.5 Å². The Kier molecular flexibility index (Phi) is 8.76. The standard InChI is InChI=1S/C29H35NO7/c1-7-36-23-14-11-20(17-22(23)29(3,4)5)26(32)24-25(19-9-12-21(13-10-19)37-18(2)31)30(15-8-16-35-6)28(34)27(24)33/h9-14,17,25,32H,7-8,15-16H2,1-6H3/b26-24-. The Hall–Kier alpha value is -3.65. The second-order valence-corrected chi connectivity index (χ2v) is 9.90. The molecule has 0 radical (unpaired) electrons. The maximum absolute atomic E-state index is 13.3. The van der Waals surface area contributed by atoms with Gasteiger partial charge in [-0.1, -0.05) is 32.9 Å². The Balaban J connectivity index is 2.15. The summed E-state index contributed by atoms with van der Waals surface area (Å²) in [5, 5.41) is 11.5. The van der Waals surface area contributed by atoms with Gasteiger partial charge in [0.1, 0.15) is 17.3 Å². The van der Waals surface area contributed by atoms with E-state index in [-0.39, 0.29) is 23.3 Å². The molecule has 1 saturated heterocycles. The monoisotopic (exact) mass is 509 g/mol. The van der Waals surface area contributed by atoms with Crippen LogP contribution in [0.1, 0.15) is 63.8 Å². The molecular weight excluding hydrogens is 474 g/mol. The molecule has 1 atom stereocenters. The van der Waals surface area contributed by atoms with E-state index in [4.69, 9.17) is 14.2 Å². The van der Waals surface area contributed by atoms with Gasteiger partial charge in [0.25, 0.3) is 11.7 Å². The summed E-state index contributed by atoms with van der Waals surface area (Å²) in [5.74, 6) is -1.11. The Bertz CT molecular complexity index is 1190. The molecule has 8 nitrogen and oxygen atoms in total. The summed E-state index contributed by atoms with van der Waals surface area (Å²) in [6, 6.07) is 11.0. The molecule has 2 aromatic carbocycles. The van der Waals surface area contributed by atoms with Crippen molar-refractivity contribution in [2.45, 2.75) is 52.5 Å². The topological polar surface area (TPSA) is 102 Å². The number of ether oxygens (including phenoxy) is 3. The lowest BCUT2D eigenvalue weighted by Crippen LogP contribution is -2.31. The molecule has 37 heavy (non-hydrogen) atoms. The van der Waals surface area contributed by atoms with Gasteiger partial charge in [-0.15, -0.1) is 0 Å². The Morgan fingerprint density at radius 3 is 2.32 bits per heavy atom. The molecule has 1 aliphatic heterocycles. The van der Waals surface area contributed by atoms with E-state index in [0.717, 1.165) is 5.56 Å². The van der Waals surface area contributed by atoms with Gasteiger partial charge in [-0.2, -0.15) is 0 Å². The van der Waals surface area contributed by atoms with Gasteiger partial charge >= 0.3 is 5.97 Å². The Labute approximate surface area is 217 Å². The summed E-state index contributed by atoms with van der Waals surface area (Å²) in [5.41, 5.74) is 1.61. The predicted octanol–water partition coefficient (Wildman–Crippen LogP) is 4.77. The van der Waals surface area contributed by atoms with Crippen LogP contribution in [0.3, 0.4) is 0 Å². The summed E-state index contributed by atoms with van der Waals surface area (Å²) >= 11 is 0. The zero-order valence-corrected chi connectivity index (χ0v) is 22.3. The number of carbonyl (C=O) groups excluding carboxylic acids is 3. The maximum Gasteiger partial charge on any atom is 0.308 e. The van der Waals surface area contributed by atoms with Crippen LogP contribution in [0, 0.1) is 0 Å². The number of aliphatic hydroxyl groups excluding tert-OH is 1. The zero-order valence-electron chi connectivity index (χ0n) is 22.3. The first-order valence-electron chi connectivity index (χ1n) is 12.3. The SMILES string of the molecule is CCOc1ccc(/C(O)=C2/C(=O)C(=O)N(CCCOC)C2c2ccc(OC(C)=O)cc2)cc1C(C)(C)C. The molecule has 3 rings (SSSR count). The summed E-state index contributed by atoms with van der Waals surface area (Å²) < 4.78 is 16.0. The van der Waals surface area contributed by atoms with Crippen LogP contribution in [-0.2, 0) is 24.5 Å². The first-order chi connectivity index (χ1) is 17.5. The Morgan fingerprint density at radius 1 is 1.08 bits per heavy atom. The van der Waals surface area contributed by atoms with Crippen molar-refractivity contribution in [2.24, 2.45) is 0 Å². The van der Waals surface area contributed by atoms with Crippen molar-refractivity contribution in [3.8, 4) is 11.5 Å². The summed E-state index contributed by atoms with van der Waals surface area (Å²) in [4.78, 5) is 39.2. The zero-order chi connectivity index (χ0) is 27.3. The molecular formula is C29H35NO7. The molecule has 8 heteroatoms. The highest BCUT2D eigenvalue weighted by Crippen LogP contribution is 2.41. The molecule has 198 valence electrons. The molecule has 1 aliphatic rings. The fourth-order valence-corrected chi connectivity index (χ4v) is 4.42. The van der Waals surface area contributed by atoms with E-state index in [1.54, 1.807) is 49.6 Å². The molecule has 1 heterocycles. The summed E-state index contributed by atoms with van der Waals surface area (Å²) in [6.07, 6.45) is 0.517. The third-order valence-corrected chi connectivity index (χ3v) is 6.11. The number of methoxy groups -OCH3 is 1. The third kappa shape index (κ3) is 6.20. The number of amides is 1. The number of benzene rings is 2. The molecule has 1 fully saturated rings. The number of rotatable bonds is 9. The number of esters is 1. The van der Waals surface area contributed by atoms with Crippen LogP contribution >= 0.6 is 0 Å². The second-order valence-electron chi connectivity index (χ2n) is 9.90. The van der Waals surface area contributed by atoms with Crippen LogP contribution in [0.15, 0.2) is 48.0 Å². The molecule has 1 unspecified atom stereocenters. The first kappa shape index (κ1) is 27.9. The highest BCUT2D eigenvalue weighted by Gasteiger charge is 2.45. The van der Waals surface area contributed by atoms with Crippen molar-refractivity contribution in [3.05, 3.63) is 64.7 Å². The van der Waals surface area contributed by atoms with Gasteiger partial charge in [-0.05, 0) is 54.7 Å². The minimum atomic E-state index is -0.812. The lowest BCUT2D eigenvalue weighted by atomic mass is 9.84. The molecule has 0 saturated carbocycles. The lowest BCUT2D eigenvalue weighted by Gasteiger charge is -2.26. The van der Waals surface area contributed by atoms with Gasteiger partial charge in [0.05, 0.1) is 18.2 Å². The van der Waals surface area contributed by atoms with Crippen molar-refractivity contribution < 1.29 is 33.7 Å². The quantitative estimate of drug-likeness (QED) is 0.130. The van der Waals surface area contributed by atoms with E-state index >= 15 is 0 Å². The Morgan fingerprint density at radius 2 is 1.76 bits per heavy atom. The third-order valence-electron chi connectivity index (χ3n) is 6.11. The van der Waals surface area contributed by atoms with Crippen molar-refractivity contribution in [3.63, 3.8) is 0 Å². The van der Waals surface area contributed by atoms with E-state index in [1.807, 2.05) is 27.7 Å². The van der Waals surface area contributed by atoms with Crippen LogP contribution in [0.25, 0.3) is 5.76 Å². The summed E-state index contributed by atoms with van der Waals surface area (Å²) in [7, 11) is 1.57. The maximum atomic E-state index is 13.3. The number of ketones is 1. The van der Waals surface area contributed by atoms with Crippen LogP contribution in [-0.4, -0.2) is 54.5 Å². The highest BCUT2D eigenvalue weighted by atomic mass is 16.5. The molecule has 0 spiro atoms. The molecule has 1 N–H and O–H groups in total. The van der Waals surface area contributed by atoms with E-state index in [2.05, 4.69) is 0 Å². The number of hydrogen-bond donors (Lipinski definition) is 1. The smallest absolute Gasteiger partial charge is 0.308 e. The van der Waals surface area contributed by atoms with E-state index in [0.29, 0.717) is 42.3 Å². The second kappa shape index (κ2) is 11.6. The molecule has 2 aromatic rings. The summed E-state index contributed by atoms with van der Waals surface area (Å²) in [6.45, 7) is 10.5. The van der Waals surface area contributed by atoms with Crippen LogP contribution in [0.2, 0.25) is 0 Å². The number of nitrogens with zero attached hydrogens (tertiary/aromatic N) is 1. The normalized spacial score (nSPS) is 17.2. The lowest BCUT2D eigenvalue weighted by molar-refractivity contribution is -0.140. The van der Waals surface area contributed by atoms with Gasteiger partial charge in [-0.25, -0.2) is 0 Å². The fourth-order valence-electron chi connectivity index (χ4n) is 4.42. The number of carbonyl (C=O) groups is 3. The molecule has 1 amide bonds. The molecule has 0 bridgehead atoms. The minimum Gasteiger partial charge on any atom is -0.507 e.